The molecule has 146 valence electrons. The minimum absolute atomic E-state index is 0.111. The lowest BCUT2D eigenvalue weighted by atomic mass is 10.1. The Labute approximate surface area is 166 Å². The Kier molecular flexibility index (Phi) is 7.41. The van der Waals surface area contributed by atoms with Crippen molar-refractivity contribution in [3.63, 3.8) is 0 Å². The van der Waals surface area contributed by atoms with Gasteiger partial charge < -0.3 is 5.32 Å². The van der Waals surface area contributed by atoms with Crippen LogP contribution in [0.15, 0.2) is 47.4 Å². The first-order chi connectivity index (χ1) is 12.8. The molecule has 0 saturated heterocycles. The summed E-state index contributed by atoms with van der Waals surface area (Å²) in [5, 5.41) is 3.43. The number of hydrogen-bond acceptors (Lipinski definition) is 3. The molecule has 0 aromatic heterocycles. The highest BCUT2D eigenvalue weighted by Gasteiger charge is 2.21. The molecule has 2 aromatic rings. The third-order valence-corrected chi connectivity index (χ3v) is 6.68. The van der Waals surface area contributed by atoms with Crippen LogP contribution in [0.4, 0.5) is 5.69 Å². The van der Waals surface area contributed by atoms with Crippen molar-refractivity contribution in [2.24, 2.45) is 0 Å². The van der Waals surface area contributed by atoms with Crippen LogP contribution in [-0.4, -0.2) is 31.7 Å². The number of halogens is 1. The molecular weight excluding hydrogens is 384 g/mol. The fraction of sp³-hybridized carbons (Fsp3) is 0.350. The summed E-state index contributed by atoms with van der Waals surface area (Å²) in [6, 6.07) is 12.1. The summed E-state index contributed by atoms with van der Waals surface area (Å²) in [5.74, 6) is -0.111. The molecule has 0 atom stereocenters. The van der Waals surface area contributed by atoms with E-state index in [4.69, 9.17) is 11.6 Å². The smallest absolute Gasteiger partial charge is 0.243 e. The van der Waals surface area contributed by atoms with E-state index < -0.39 is 10.0 Å². The molecule has 0 bridgehead atoms. The van der Waals surface area contributed by atoms with Crippen molar-refractivity contribution in [2.45, 2.75) is 38.5 Å². The molecule has 27 heavy (non-hydrogen) atoms. The first-order valence-corrected chi connectivity index (χ1v) is 10.7. The molecule has 0 radical (unpaired) electrons. The molecule has 0 saturated carbocycles. The molecular formula is C20H25ClN2O3S. The van der Waals surface area contributed by atoms with E-state index in [2.05, 4.69) is 5.32 Å². The average molecular weight is 409 g/mol. The molecule has 2 aromatic carbocycles. The number of carbonyl (C=O) groups is 1. The molecule has 1 N–H and O–H groups in total. The fourth-order valence-electron chi connectivity index (χ4n) is 2.74. The first-order valence-electron chi connectivity index (χ1n) is 8.93. The van der Waals surface area contributed by atoms with Gasteiger partial charge in [0.2, 0.25) is 15.9 Å². The van der Waals surface area contributed by atoms with E-state index >= 15 is 0 Å². The third kappa shape index (κ3) is 5.54. The highest BCUT2D eigenvalue weighted by atomic mass is 35.5. The lowest BCUT2D eigenvalue weighted by molar-refractivity contribution is -0.116. The lowest BCUT2D eigenvalue weighted by Crippen LogP contribution is -2.30. The fourth-order valence-corrected chi connectivity index (χ4v) is 4.37. The standard InChI is InChI=1S/C20H25ClN2O3S/c1-4-23(5-2)27(25,26)18-11-7-16(8-12-18)9-13-20(24)22-19-14-17(21)10-6-15(19)3/h6-8,10-12,14H,4-5,9,13H2,1-3H3,(H,22,24). The highest BCUT2D eigenvalue weighted by Crippen LogP contribution is 2.21. The zero-order valence-electron chi connectivity index (χ0n) is 15.8. The lowest BCUT2D eigenvalue weighted by Gasteiger charge is -2.18. The average Bonchev–Trinajstić information content (AvgIpc) is 2.64. The van der Waals surface area contributed by atoms with Crippen molar-refractivity contribution in [3.05, 3.63) is 58.6 Å². The van der Waals surface area contributed by atoms with E-state index in [1.165, 1.54) is 4.31 Å². The zero-order chi connectivity index (χ0) is 20.0. The maximum absolute atomic E-state index is 12.5. The number of hydrogen-bond donors (Lipinski definition) is 1. The van der Waals surface area contributed by atoms with Gasteiger partial charge in [-0.2, -0.15) is 4.31 Å². The number of sulfonamides is 1. The molecule has 0 aliphatic heterocycles. The number of nitrogens with zero attached hydrogens (tertiary/aromatic N) is 1. The minimum atomic E-state index is -3.46. The molecule has 0 aliphatic carbocycles. The second-order valence-corrected chi connectivity index (χ2v) is 8.62. The maximum atomic E-state index is 12.5. The van der Waals surface area contributed by atoms with Gasteiger partial charge in [-0.3, -0.25) is 4.79 Å². The van der Waals surface area contributed by atoms with Gasteiger partial charge in [-0.15, -0.1) is 0 Å². The molecule has 0 spiro atoms. The monoisotopic (exact) mass is 408 g/mol. The predicted octanol–water partition coefficient (Wildman–Crippen LogP) is 4.25. The molecule has 5 nitrogen and oxygen atoms in total. The van der Waals surface area contributed by atoms with E-state index in [9.17, 15) is 13.2 Å². The third-order valence-electron chi connectivity index (χ3n) is 4.38. The number of benzene rings is 2. The van der Waals surface area contributed by atoms with Crippen LogP contribution in [0.3, 0.4) is 0 Å². The summed E-state index contributed by atoms with van der Waals surface area (Å²) in [6.07, 6.45) is 0.825. The van der Waals surface area contributed by atoms with Crippen LogP contribution in [-0.2, 0) is 21.2 Å². The Morgan fingerprint density at radius 1 is 1.07 bits per heavy atom. The Bertz CT molecular complexity index is 892. The van der Waals surface area contributed by atoms with E-state index in [-0.39, 0.29) is 10.8 Å². The van der Waals surface area contributed by atoms with Crippen LogP contribution in [0.5, 0.6) is 0 Å². The first kappa shape index (κ1) is 21.4. The number of rotatable bonds is 8. The molecule has 2 rings (SSSR count). The molecule has 7 heteroatoms. The second kappa shape index (κ2) is 9.35. The highest BCUT2D eigenvalue weighted by molar-refractivity contribution is 7.89. The second-order valence-electron chi connectivity index (χ2n) is 6.24. The Balaban J connectivity index is 1.99. The van der Waals surface area contributed by atoms with Crippen LogP contribution in [0, 0.1) is 6.92 Å². The summed E-state index contributed by atoms with van der Waals surface area (Å²) in [7, 11) is -3.46. The summed E-state index contributed by atoms with van der Waals surface area (Å²) in [5.41, 5.74) is 2.55. The number of nitrogens with one attached hydrogen (secondary N) is 1. The van der Waals surface area contributed by atoms with Crippen molar-refractivity contribution in [3.8, 4) is 0 Å². The van der Waals surface area contributed by atoms with Gasteiger partial charge in [0.25, 0.3) is 0 Å². The molecule has 0 unspecified atom stereocenters. The largest absolute Gasteiger partial charge is 0.326 e. The quantitative estimate of drug-likeness (QED) is 0.710. The van der Waals surface area contributed by atoms with Crippen molar-refractivity contribution >= 4 is 33.2 Å². The van der Waals surface area contributed by atoms with Gasteiger partial charge >= 0.3 is 0 Å². The normalized spacial score (nSPS) is 11.6. The van der Waals surface area contributed by atoms with E-state index in [1.807, 2.05) is 26.8 Å². The van der Waals surface area contributed by atoms with Gasteiger partial charge in [-0.25, -0.2) is 8.42 Å². The molecule has 0 aliphatic rings. The Hall–Kier alpha value is -1.89. The van der Waals surface area contributed by atoms with Gasteiger partial charge in [0.05, 0.1) is 4.90 Å². The van der Waals surface area contributed by atoms with Gasteiger partial charge in [0.1, 0.15) is 0 Å². The molecule has 0 heterocycles. The van der Waals surface area contributed by atoms with Crippen LogP contribution < -0.4 is 5.32 Å². The summed E-state index contributed by atoms with van der Waals surface area (Å²) in [6.45, 7) is 6.40. The van der Waals surface area contributed by atoms with E-state index in [0.717, 1.165) is 11.1 Å². The maximum Gasteiger partial charge on any atom is 0.243 e. The Morgan fingerprint density at radius 3 is 2.30 bits per heavy atom. The number of aryl methyl sites for hydroxylation is 2. The molecule has 1 amide bonds. The SMILES string of the molecule is CCN(CC)S(=O)(=O)c1ccc(CCC(=O)Nc2cc(Cl)ccc2C)cc1. The van der Waals surface area contributed by atoms with Crippen molar-refractivity contribution in [1.82, 2.24) is 4.31 Å². The van der Waals surface area contributed by atoms with Crippen molar-refractivity contribution in [1.29, 1.82) is 0 Å². The van der Waals surface area contributed by atoms with Crippen LogP contribution in [0.2, 0.25) is 5.02 Å². The van der Waals surface area contributed by atoms with Crippen molar-refractivity contribution in [2.75, 3.05) is 18.4 Å². The van der Waals surface area contributed by atoms with E-state index in [0.29, 0.717) is 36.6 Å². The number of carbonyl (C=O) groups excluding carboxylic acids is 1. The summed E-state index contributed by atoms with van der Waals surface area (Å²) in [4.78, 5) is 12.5. The zero-order valence-corrected chi connectivity index (χ0v) is 17.4. The van der Waals surface area contributed by atoms with Crippen molar-refractivity contribution < 1.29 is 13.2 Å². The molecule has 0 fully saturated rings. The Morgan fingerprint density at radius 2 is 1.70 bits per heavy atom. The number of anilines is 1. The minimum Gasteiger partial charge on any atom is -0.326 e. The van der Waals surface area contributed by atoms with Crippen LogP contribution >= 0.6 is 11.6 Å². The summed E-state index contributed by atoms with van der Waals surface area (Å²) >= 11 is 5.96. The number of amides is 1. The predicted molar refractivity (Wildman–Crippen MR) is 110 cm³/mol. The summed E-state index contributed by atoms with van der Waals surface area (Å²) < 4.78 is 26.4. The van der Waals surface area contributed by atoms with Gasteiger partial charge in [-0.1, -0.05) is 43.6 Å². The van der Waals surface area contributed by atoms with Crippen LogP contribution in [0.1, 0.15) is 31.4 Å². The topological polar surface area (TPSA) is 66.5 Å². The van der Waals surface area contributed by atoms with Gasteiger partial charge in [0, 0.05) is 30.2 Å². The van der Waals surface area contributed by atoms with Gasteiger partial charge in [0.15, 0.2) is 0 Å². The van der Waals surface area contributed by atoms with E-state index in [1.54, 1.807) is 36.4 Å². The van der Waals surface area contributed by atoms with Gasteiger partial charge in [-0.05, 0) is 48.7 Å². The van der Waals surface area contributed by atoms with Crippen LogP contribution in [0.25, 0.3) is 0 Å².